The van der Waals surface area contributed by atoms with Crippen molar-refractivity contribution in [2.24, 2.45) is 0 Å². The van der Waals surface area contributed by atoms with Gasteiger partial charge in [-0.1, -0.05) is 62.2 Å². The van der Waals surface area contributed by atoms with Gasteiger partial charge in [0.05, 0.1) is 4.83 Å². The number of halogens is 2. The minimum Gasteiger partial charge on any atom is -0.296 e. The van der Waals surface area contributed by atoms with Gasteiger partial charge in [-0.3, -0.25) is 4.79 Å². The number of carbonyl (C=O) groups excluding carboxylic acids is 1. The minimum absolute atomic E-state index is 0.00849. The topological polar surface area (TPSA) is 17.1 Å². The number of Topliss-reactive ketones (excluding diaryl/α,β-unsaturated/α-hetero) is 1. The summed E-state index contributed by atoms with van der Waals surface area (Å²) in [4.78, 5) is 12.1. The highest BCUT2D eigenvalue weighted by Crippen LogP contribution is 2.43. The Labute approximate surface area is 107 Å². The normalized spacial score (nSPS) is 31.6. The van der Waals surface area contributed by atoms with E-state index in [0.29, 0.717) is 0 Å². The molecule has 2 rings (SSSR count). The van der Waals surface area contributed by atoms with Gasteiger partial charge in [0, 0.05) is 0 Å². The molecule has 0 N–H and O–H groups in total. The smallest absolute Gasteiger partial charge is 0.167 e. The Morgan fingerprint density at radius 1 is 1.27 bits per heavy atom. The van der Waals surface area contributed by atoms with Crippen molar-refractivity contribution in [2.45, 2.75) is 28.4 Å². The van der Waals surface area contributed by atoms with Gasteiger partial charge in [-0.25, -0.2) is 0 Å². The fourth-order valence-electron chi connectivity index (χ4n) is 2.02. The van der Waals surface area contributed by atoms with Crippen LogP contribution in [0.2, 0.25) is 0 Å². The summed E-state index contributed by atoms with van der Waals surface area (Å²) in [5, 5.41) is 0. The van der Waals surface area contributed by atoms with E-state index in [1.54, 1.807) is 0 Å². The number of carbonyl (C=O) groups is 1. The van der Waals surface area contributed by atoms with Gasteiger partial charge >= 0.3 is 0 Å². The SMILES string of the molecule is O=C1C(Br)CCCC1(Br)c1ccccc1. The third-order valence-electron chi connectivity index (χ3n) is 2.89. The molecule has 0 heterocycles. The van der Waals surface area contributed by atoms with Crippen LogP contribution in [-0.2, 0) is 9.12 Å². The zero-order valence-electron chi connectivity index (χ0n) is 8.25. The molecule has 1 aliphatic carbocycles. The van der Waals surface area contributed by atoms with E-state index < -0.39 is 4.32 Å². The fraction of sp³-hybridized carbons (Fsp3) is 0.417. The molecular weight excluding hydrogens is 320 g/mol. The predicted molar refractivity (Wildman–Crippen MR) is 68.6 cm³/mol. The molecule has 0 radical (unpaired) electrons. The first-order valence-corrected chi connectivity index (χ1v) is 6.78. The van der Waals surface area contributed by atoms with Gasteiger partial charge in [-0.2, -0.15) is 0 Å². The molecular formula is C12H12Br2O. The highest BCUT2D eigenvalue weighted by atomic mass is 79.9. The van der Waals surface area contributed by atoms with Gasteiger partial charge in [0.25, 0.3) is 0 Å². The lowest BCUT2D eigenvalue weighted by atomic mass is 9.82. The molecule has 3 heteroatoms. The molecule has 0 aromatic heterocycles. The Balaban J connectivity index is 2.37. The molecule has 1 aromatic rings. The molecule has 80 valence electrons. The van der Waals surface area contributed by atoms with E-state index in [1.807, 2.05) is 30.3 Å². The lowest BCUT2D eigenvalue weighted by Gasteiger charge is -2.33. The van der Waals surface area contributed by atoms with Gasteiger partial charge in [0.15, 0.2) is 5.78 Å². The Bertz CT molecular complexity index is 363. The number of benzene rings is 1. The first kappa shape index (κ1) is 11.3. The van der Waals surface area contributed by atoms with E-state index >= 15 is 0 Å². The van der Waals surface area contributed by atoms with Gasteiger partial charge < -0.3 is 0 Å². The second-order valence-corrected chi connectivity index (χ2v) is 6.35. The zero-order valence-corrected chi connectivity index (χ0v) is 11.4. The van der Waals surface area contributed by atoms with E-state index in [-0.39, 0.29) is 10.6 Å². The molecule has 0 aliphatic heterocycles. The number of ketones is 1. The Kier molecular flexibility index (Phi) is 3.31. The second-order valence-electron chi connectivity index (χ2n) is 3.89. The third-order valence-corrected chi connectivity index (χ3v) is 5.00. The summed E-state index contributed by atoms with van der Waals surface area (Å²) in [7, 11) is 0. The van der Waals surface area contributed by atoms with E-state index in [4.69, 9.17) is 0 Å². The molecule has 15 heavy (non-hydrogen) atoms. The molecule has 0 spiro atoms. The second kappa shape index (κ2) is 4.38. The maximum atomic E-state index is 12.2. The summed E-state index contributed by atoms with van der Waals surface area (Å²) in [6, 6.07) is 9.95. The molecule has 0 saturated heterocycles. The fourth-order valence-corrected chi connectivity index (χ4v) is 3.86. The molecule has 1 nitrogen and oxygen atoms in total. The van der Waals surface area contributed by atoms with Gasteiger partial charge in [0.1, 0.15) is 4.32 Å². The number of rotatable bonds is 1. The summed E-state index contributed by atoms with van der Waals surface area (Å²) in [5.74, 6) is 0.250. The summed E-state index contributed by atoms with van der Waals surface area (Å²) in [6.45, 7) is 0. The Morgan fingerprint density at radius 2 is 1.93 bits per heavy atom. The van der Waals surface area contributed by atoms with Crippen molar-refractivity contribution in [3.05, 3.63) is 35.9 Å². The van der Waals surface area contributed by atoms with Crippen LogP contribution in [0.4, 0.5) is 0 Å². The van der Waals surface area contributed by atoms with E-state index in [1.165, 1.54) is 0 Å². The Hall–Kier alpha value is -0.150. The molecule has 1 fully saturated rings. The highest BCUT2D eigenvalue weighted by molar-refractivity contribution is 9.10. The van der Waals surface area contributed by atoms with Gasteiger partial charge in [-0.15, -0.1) is 0 Å². The van der Waals surface area contributed by atoms with Crippen molar-refractivity contribution < 1.29 is 4.79 Å². The first-order chi connectivity index (χ1) is 7.14. The van der Waals surface area contributed by atoms with Gasteiger partial charge in [0.2, 0.25) is 0 Å². The summed E-state index contributed by atoms with van der Waals surface area (Å²) >= 11 is 7.08. The number of alkyl halides is 2. The number of hydrogen-bond donors (Lipinski definition) is 0. The Morgan fingerprint density at radius 3 is 2.60 bits per heavy atom. The summed E-state index contributed by atoms with van der Waals surface area (Å²) < 4.78 is -0.472. The van der Waals surface area contributed by atoms with Crippen LogP contribution in [0.1, 0.15) is 24.8 Å². The van der Waals surface area contributed by atoms with Crippen molar-refractivity contribution in [1.29, 1.82) is 0 Å². The maximum Gasteiger partial charge on any atom is 0.167 e. The van der Waals surface area contributed by atoms with Gasteiger partial charge in [-0.05, 0) is 24.8 Å². The molecule has 2 atom stereocenters. The lowest BCUT2D eigenvalue weighted by molar-refractivity contribution is -0.122. The third kappa shape index (κ3) is 2.04. The number of hydrogen-bond acceptors (Lipinski definition) is 1. The largest absolute Gasteiger partial charge is 0.296 e. The van der Waals surface area contributed by atoms with Crippen LogP contribution < -0.4 is 0 Å². The molecule has 1 aliphatic rings. The molecule has 1 aromatic carbocycles. The lowest BCUT2D eigenvalue weighted by Crippen LogP contribution is -2.39. The van der Waals surface area contributed by atoms with Crippen molar-refractivity contribution in [1.82, 2.24) is 0 Å². The van der Waals surface area contributed by atoms with Crippen molar-refractivity contribution in [3.63, 3.8) is 0 Å². The van der Waals surface area contributed by atoms with E-state index in [0.717, 1.165) is 24.8 Å². The standard InChI is InChI=1S/C12H12Br2O/c13-10-7-4-8-12(14,11(10)15)9-5-2-1-3-6-9/h1-3,5-6,10H,4,7-8H2. The quantitative estimate of drug-likeness (QED) is 0.715. The van der Waals surface area contributed by atoms with Crippen LogP contribution in [0.15, 0.2) is 30.3 Å². The highest BCUT2D eigenvalue weighted by Gasteiger charge is 2.42. The molecule has 1 saturated carbocycles. The average molecular weight is 332 g/mol. The van der Waals surface area contributed by atoms with Crippen molar-refractivity contribution in [3.8, 4) is 0 Å². The van der Waals surface area contributed by atoms with Crippen LogP contribution in [0.5, 0.6) is 0 Å². The molecule has 2 unspecified atom stereocenters. The van der Waals surface area contributed by atoms with Crippen LogP contribution in [-0.4, -0.2) is 10.6 Å². The van der Waals surface area contributed by atoms with Crippen molar-refractivity contribution in [2.75, 3.05) is 0 Å². The molecule has 0 amide bonds. The molecule has 0 bridgehead atoms. The van der Waals surface area contributed by atoms with E-state index in [2.05, 4.69) is 31.9 Å². The van der Waals surface area contributed by atoms with Crippen LogP contribution >= 0.6 is 31.9 Å². The van der Waals surface area contributed by atoms with Crippen LogP contribution in [0.25, 0.3) is 0 Å². The van der Waals surface area contributed by atoms with E-state index in [9.17, 15) is 4.79 Å². The zero-order chi connectivity index (χ0) is 10.9. The first-order valence-electron chi connectivity index (χ1n) is 5.07. The maximum absolute atomic E-state index is 12.2. The predicted octanol–water partition coefficient (Wildman–Crippen LogP) is 3.79. The summed E-state index contributed by atoms with van der Waals surface area (Å²) in [6.07, 6.45) is 2.90. The summed E-state index contributed by atoms with van der Waals surface area (Å²) in [5.41, 5.74) is 1.07. The van der Waals surface area contributed by atoms with Crippen LogP contribution in [0.3, 0.4) is 0 Å². The van der Waals surface area contributed by atoms with Crippen LogP contribution in [0, 0.1) is 0 Å². The van der Waals surface area contributed by atoms with Crippen molar-refractivity contribution >= 4 is 37.6 Å². The average Bonchev–Trinajstić information content (AvgIpc) is 2.27. The minimum atomic E-state index is -0.472. The monoisotopic (exact) mass is 330 g/mol.